The molecular formula is C27H30Br2ClFN2O6S. The Morgan fingerprint density at radius 2 is 1.68 bits per heavy atom. The zero-order chi connectivity index (χ0) is 30.2. The topological polar surface area (TPSA) is 104 Å². The average Bonchev–Trinajstić information content (AvgIpc) is 3.10. The summed E-state index contributed by atoms with van der Waals surface area (Å²) in [6.07, 6.45) is -0.864. The fraction of sp³-hybridized carbons (Fsp3) is 0.407. The number of fused-ring (bicyclic) bond motifs is 1. The minimum atomic E-state index is -4.05. The molecule has 3 rings (SSSR count). The molecule has 0 saturated carbocycles. The van der Waals surface area contributed by atoms with Gasteiger partial charge in [0, 0.05) is 25.9 Å². The number of alkyl halides is 1. The predicted octanol–water partition coefficient (Wildman–Crippen LogP) is 7.81. The number of hydrogen-bond acceptors (Lipinski definition) is 6. The van der Waals surface area contributed by atoms with E-state index in [1.807, 2.05) is 0 Å². The molecule has 8 nitrogen and oxygen atoms in total. The molecule has 0 fully saturated rings. The highest BCUT2D eigenvalue weighted by atomic mass is 79.9. The van der Waals surface area contributed by atoms with Crippen molar-refractivity contribution in [1.82, 2.24) is 4.57 Å². The number of benzene rings is 2. The number of ether oxygens (including phenoxy) is 2. The first-order valence-electron chi connectivity index (χ1n) is 12.2. The number of sulfonamides is 1. The first-order valence-corrected chi connectivity index (χ1v) is 16.1. The van der Waals surface area contributed by atoms with Crippen LogP contribution in [0.3, 0.4) is 0 Å². The minimum Gasteiger partial charge on any atom is -0.456 e. The summed E-state index contributed by atoms with van der Waals surface area (Å²) < 4.78 is 56.6. The molecule has 218 valence electrons. The van der Waals surface area contributed by atoms with Gasteiger partial charge in [-0.05, 0) is 83.9 Å². The van der Waals surface area contributed by atoms with Crippen molar-refractivity contribution in [3.63, 3.8) is 0 Å². The van der Waals surface area contributed by atoms with Crippen LogP contribution in [0.4, 0.5) is 14.9 Å². The second-order valence-electron chi connectivity index (χ2n) is 11.0. The van der Waals surface area contributed by atoms with E-state index in [1.54, 1.807) is 47.6 Å². The van der Waals surface area contributed by atoms with Gasteiger partial charge in [0.15, 0.2) is 0 Å². The standard InChI is InChI=1S/C27H30Br2ClFN2O6S/c1-26(2,3)38-24(34)19-13-16(30)7-8-21(19)32-40(36,37)10-9-17-18-11-15(29)12-20(31)23(18)33(22(17)14-28)25(35)39-27(4,5)6/h7-8,11-13,32H,9-10,14H2,1-6H3. The van der Waals surface area contributed by atoms with Crippen LogP contribution in [-0.4, -0.2) is 42.0 Å². The summed E-state index contributed by atoms with van der Waals surface area (Å²) in [6, 6.07) is 7.00. The van der Waals surface area contributed by atoms with Crippen molar-refractivity contribution >= 4 is 82.1 Å². The number of nitrogens with zero attached hydrogens (tertiary/aromatic N) is 1. The van der Waals surface area contributed by atoms with E-state index in [9.17, 15) is 18.0 Å². The molecule has 1 N–H and O–H groups in total. The van der Waals surface area contributed by atoms with E-state index in [4.69, 9.17) is 21.1 Å². The molecule has 40 heavy (non-hydrogen) atoms. The monoisotopic (exact) mass is 722 g/mol. The number of aryl methyl sites for hydroxylation is 1. The second kappa shape index (κ2) is 12.0. The molecule has 0 saturated heterocycles. The van der Waals surface area contributed by atoms with Crippen LogP contribution in [-0.2, 0) is 31.2 Å². The third-order valence-corrected chi connectivity index (χ3v) is 7.88. The Balaban J connectivity index is 2.01. The van der Waals surface area contributed by atoms with Crippen molar-refractivity contribution in [3.8, 4) is 0 Å². The summed E-state index contributed by atoms with van der Waals surface area (Å²) in [4.78, 5) is 25.9. The fourth-order valence-electron chi connectivity index (χ4n) is 3.94. The first kappa shape index (κ1) is 32.4. The smallest absolute Gasteiger partial charge is 0.419 e. The quantitative estimate of drug-likeness (QED) is 0.197. The van der Waals surface area contributed by atoms with Gasteiger partial charge < -0.3 is 9.47 Å². The number of aromatic nitrogens is 1. The number of hydrogen-bond donors (Lipinski definition) is 1. The van der Waals surface area contributed by atoms with Crippen molar-refractivity contribution in [1.29, 1.82) is 0 Å². The van der Waals surface area contributed by atoms with Gasteiger partial charge >= 0.3 is 12.1 Å². The summed E-state index contributed by atoms with van der Waals surface area (Å²) >= 11 is 12.7. The van der Waals surface area contributed by atoms with Gasteiger partial charge in [0.25, 0.3) is 0 Å². The highest BCUT2D eigenvalue weighted by Gasteiger charge is 2.29. The summed E-state index contributed by atoms with van der Waals surface area (Å²) in [5, 5.41) is 0.720. The maximum atomic E-state index is 15.2. The van der Waals surface area contributed by atoms with Crippen LogP contribution >= 0.6 is 43.5 Å². The van der Waals surface area contributed by atoms with Crippen LogP contribution in [0.15, 0.2) is 34.8 Å². The number of anilines is 1. The van der Waals surface area contributed by atoms with Crippen molar-refractivity contribution in [2.45, 2.75) is 64.5 Å². The number of nitrogens with one attached hydrogen (secondary N) is 1. The van der Waals surface area contributed by atoms with E-state index in [2.05, 4.69) is 36.6 Å². The van der Waals surface area contributed by atoms with E-state index < -0.39 is 44.9 Å². The Labute approximate surface area is 254 Å². The number of carbonyl (C=O) groups excluding carboxylic acids is 2. The summed E-state index contributed by atoms with van der Waals surface area (Å²) in [5.74, 6) is -1.85. The maximum Gasteiger partial charge on any atom is 0.419 e. The molecule has 0 bridgehead atoms. The number of halogens is 4. The molecule has 0 radical (unpaired) electrons. The number of rotatable bonds is 7. The van der Waals surface area contributed by atoms with Crippen molar-refractivity contribution in [3.05, 3.63) is 62.5 Å². The highest BCUT2D eigenvalue weighted by Crippen LogP contribution is 2.34. The van der Waals surface area contributed by atoms with Crippen LogP contribution in [0.5, 0.6) is 0 Å². The molecule has 0 aliphatic heterocycles. The molecule has 13 heteroatoms. The predicted molar refractivity (Wildman–Crippen MR) is 162 cm³/mol. The van der Waals surface area contributed by atoms with E-state index in [0.29, 0.717) is 21.1 Å². The molecule has 2 aromatic carbocycles. The molecule has 0 aliphatic carbocycles. The molecular weight excluding hydrogens is 695 g/mol. The Bertz CT molecular complexity index is 1580. The summed E-state index contributed by atoms with van der Waals surface area (Å²) in [5.41, 5.74) is -0.903. The third kappa shape index (κ3) is 7.98. The Kier molecular flexibility index (Phi) is 9.70. The normalized spacial score (nSPS) is 12.4. The molecule has 0 unspecified atom stereocenters. The lowest BCUT2D eigenvalue weighted by Crippen LogP contribution is -2.28. The average molecular weight is 725 g/mol. The van der Waals surface area contributed by atoms with Crippen LogP contribution in [0.2, 0.25) is 5.02 Å². The number of carbonyl (C=O) groups is 2. The second-order valence-corrected chi connectivity index (χ2v) is 14.8. The van der Waals surface area contributed by atoms with E-state index in [1.165, 1.54) is 24.3 Å². The lowest BCUT2D eigenvalue weighted by atomic mass is 10.1. The molecule has 1 aromatic heterocycles. The lowest BCUT2D eigenvalue weighted by molar-refractivity contribution is 0.00704. The van der Waals surface area contributed by atoms with Crippen LogP contribution in [0.25, 0.3) is 10.9 Å². The van der Waals surface area contributed by atoms with Crippen LogP contribution < -0.4 is 4.72 Å². The van der Waals surface area contributed by atoms with Gasteiger partial charge in [-0.2, -0.15) is 0 Å². The van der Waals surface area contributed by atoms with Gasteiger partial charge in [-0.3, -0.25) is 4.72 Å². The highest BCUT2D eigenvalue weighted by molar-refractivity contribution is 9.10. The third-order valence-electron chi connectivity index (χ3n) is 5.38. The molecule has 0 amide bonds. The van der Waals surface area contributed by atoms with Crippen molar-refractivity contribution in [2.24, 2.45) is 0 Å². The number of esters is 1. The zero-order valence-electron chi connectivity index (χ0n) is 22.8. The van der Waals surface area contributed by atoms with Crippen molar-refractivity contribution in [2.75, 3.05) is 10.5 Å². The fourth-order valence-corrected chi connectivity index (χ4v) is 6.22. The van der Waals surface area contributed by atoms with Gasteiger partial charge in [0.1, 0.15) is 17.0 Å². The zero-order valence-corrected chi connectivity index (χ0v) is 27.6. The van der Waals surface area contributed by atoms with Crippen LogP contribution in [0.1, 0.15) is 63.2 Å². The molecule has 0 atom stereocenters. The van der Waals surface area contributed by atoms with Gasteiger partial charge in [-0.15, -0.1) is 0 Å². The van der Waals surface area contributed by atoms with Gasteiger partial charge in [-0.25, -0.2) is 27.0 Å². The van der Waals surface area contributed by atoms with E-state index in [-0.39, 0.29) is 33.5 Å². The Hall–Kier alpha value is -2.15. The summed E-state index contributed by atoms with van der Waals surface area (Å²) in [7, 11) is -4.05. The largest absolute Gasteiger partial charge is 0.456 e. The van der Waals surface area contributed by atoms with E-state index in [0.717, 1.165) is 4.57 Å². The summed E-state index contributed by atoms with van der Waals surface area (Å²) in [6.45, 7) is 10.2. The van der Waals surface area contributed by atoms with Gasteiger partial charge in [-0.1, -0.05) is 43.5 Å². The molecule has 0 spiro atoms. The Morgan fingerprint density at radius 3 is 2.25 bits per heavy atom. The molecule has 3 aromatic rings. The van der Waals surface area contributed by atoms with E-state index >= 15 is 4.39 Å². The van der Waals surface area contributed by atoms with Gasteiger partial charge in [0.05, 0.1) is 22.5 Å². The maximum absolute atomic E-state index is 15.2. The van der Waals surface area contributed by atoms with Gasteiger partial charge in [0.2, 0.25) is 10.0 Å². The molecule has 1 heterocycles. The minimum absolute atomic E-state index is 0.00402. The molecule has 0 aliphatic rings. The SMILES string of the molecule is CC(C)(C)OC(=O)c1cc(Cl)ccc1NS(=O)(=O)CCc1c(CBr)n(C(=O)OC(C)(C)C)c2c(F)cc(Br)cc12. The first-order chi connectivity index (χ1) is 18.3. The lowest BCUT2D eigenvalue weighted by Gasteiger charge is -2.21. The Morgan fingerprint density at radius 1 is 1.05 bits per heavy atom. The van der Waals surface area contributed by atoms with Crippen LogP contribution in [0, 0.1) is 5.82 Å². The van der Waals surface area contributed by atoms with Crippen molar-refractivity contribution < 1.29 is 31.9 Å².